The monoisotopic (exact) mass is 323 g/mol. The zero-order valence-corrected chi connectivity index (χ0v) is 13.7. The van der Waals surface area contributed by atoms with E-state index in [0.717, 1.165) is 40.4 Å². The van der Waals surface area contributed by atoms with Gasteiger partial charge in [0, 0.05) is 28.2 Å². The van der Waals surface area contributed by atoms with E-state index < -0.39 is 0 Å². The molecule has 0 N–H and O–H groups in total. The van der Waals surface area contributed by atoms with Crippen LogP contribution in [0.1, 0.15) is 21.8 Å². The van der Waals surface area contributed by atoms with Gasteiger partial charge in [-0.25, -0.2) is 4.98 Å². The molecule has 1 aromatic heterocycles. The Kier molecular flexibility index (Phi) is 4.93. The molecule has 0 spiro atoms. The number of carbonyl (C=O) groups is 1. The lowest BCUT2D eigenvalue weighted by atomic mass is 10.2. The highest BCUT2D eigenvalue weighted by atomic mass is 32.2. The van der Waals surface area contributed by atoms with Crippen LogP contribution in [0.4, 0.5) is 0 Å². The Hall–Kier alpha value is -2.33. The first-order valence-electron chi connectivity index (χ1n) is 7.46. The fraction of sp³-hybridized carbons (Fsp3) is 0.158. The quantitative estimate of drug-likeness (QED) is 0.483. The molecule has 4 heteroatoms. The van der Waals surface area contributed by atoms with Gasteiger partial charge in [0.05, 0.1) is 5.69 Å². The second-order valence-electron chi connectivity index (χ2n) is 5.17. The van der Waals surface area contributed by atoms with Gasteiger partial charge >= 0.3 is 0 Å². The molecule has 0 fully saturated rings. The van der Waals surface area contributed by atoms with Crippen LogP contribution in [0.5, 0.6) is 0 Å². The normalized spacial score (nSPS) is 10.7. The first-order chi connectivity index (χ1) is 11.3. The fourth-order valence-electron chi connectivity index (χ4n) is 2.27. The molecule has 3 aromatic rings. The number of aromatic nitrogens is 1. The van der Waals surface area contributed by atoms with Crippen molar-refractivity contribution in [2.24, 2.45) is 0 Å². The minimum atomic E-state index is 0.679. The van der Waals surface area contributed by atoms with E-state index >= 15 is 0 Å². The second-order valence-corrected chi connectivity index (χ2v) is 6.34. The third-order valence-electron chi connectivity index (χ3n) is 3.54. The summed E-state index contributed by atoms with van der Waals surface area (Å²) >= 11 is 1.75. The number of carbonyl (C=O) groups excluding carboxylic acids is 1. The summed E-state index contributed by atoms with van der Waals surface area (Å²) in [5.74, 6) is 2.47. The molecule has 0 aliphatic rings. The number of thioether (sulfide) groups is 1. The molecule has 2 aromatic carbocycles. The Balaban J connectivity index is 1.62. The summed E-state index contributed by atoms with van der Waals surface area (Å²) < 4.78 is 5.77. The Bertz CT molecular complexity index is 779. The maximum Gasteiger partial charge on any atom is 0.226 e. The molecule has 0 radical (unpaired) electrons. The van der Waals surface area contributed by atoms with Gasteiger partial charge in [-0.1, -0.05) is 30.3 Å². The molecule has 3 nitrogen and oxygen atoms in total. The lowest BCUT2D eigenvalue weighted by Gasteiger charge is -2.00. The molecule has 0 aliphatic heterocycles. The van der Waals surface area contributed by atoms with Gasteiger partial charge in [0.1, 0.15) is 12.0 Å². The van der Waals surface area contributed by atoms with Crippen molar-refractivity contribution in [2.75, 3.05) is 5.75 Å². The molecule has 0 aliphatic carbocycles. The summed E-state index contributed by atoms with van der Waals surface area (Å²) in [6.45, 7) is 1.96. The minimum Gasteiger partial charge on any atom is -0.441 e. The predicted octanol–water partition coefficient (Wildman–Crippen LogP) is 4.80. The van der Waals surface area contributed by atoms with Crippen LogP contribution in [0.15, 0.2) is 63.9 Å². The van der Waals surface area contributed by atoms with Gasteiger partial charge in [-0.3, -0.25) is 4.79 Å². The predicted molar refractivity (Wildman–Crippen MR) is 92.9 cm³/mol. The van der Waals surface area contributed by atoms with Gasteiger partial charge in [-0.05, 0) is 31.2 Å². The van der Waals surface area contributed by atoms with Crippen LogP contribution in [0.2, 0.25) is 0 Å². The Morgan fingerprint density at radius 2 is 1.83 bits per heavy atom. The highest BCUT2D eigenvalue weighted by Gasteiger charge is 2.11. The zero-order chi connectivity index (χ0) is 16.1. The molecule has 0 amide bonds. The number of rotatable bonds is 6. The van der Waals surface area contributed by atoms with Crippen molar-refractivity contribution in [3.05, 3.63) is 71.6 Å². The van der Waals surface area contributed by atoms with Gasteiger partial charge in [0.2, 0.25) is 5.89 Å². The number of nitrogens with zero attached hydrogens (tertiary/aromatic N) is 1. The standard InChI is InChI=1S/C19H17NO2S/c1-14-18(20-19(22-14)16-5-3-2-4-6-16)11-12-23-17-9-7-15(13-21)8-10-17/h2-10,13H,11-12H2,1H3. The molecule has 116 valence electrons. The largest absolute Gasteiger partial charge is 0.441 e. The molecule has 0 saturated heterocycles. The van der Waals surface area contributed by atoms with Crippen molar-refractivity contribution >= 4 is 18.0 Å². The van der Waals surface area contributed by atoms with Crippen molar-refractivity contribution < 1.29 is 9.21 Å². The highest BCUT2D eigenvalue weighted by molar-refractivity contribution is 7.99. The molecule has 0 unspecified atom stereocenters. The van der Waals surface area contributed by atoms with Crippen LogP contribution in [0.3, 0.4) is 0 Å². The lowest BCUT2D eigenvalue weighted by molar-refractivity contribution is 0.112. The summed E-state index contributed by atoms with van der Waals surface area (Å²) in [6, 6.07) is 17.6. The third kappa shape index (κ3) is 3.90. The highest BCUT2D eigenvalue weighted by Crippen LogP contribution is 2.24. The minimum absolute atomic E-state index is 0.679. The number of hydrogen-bond donors (Lipinski definition) is 0. The van der Waals surface area contributed by atoms with Gasteiger partial charge in [-0.15, -0.1) is 11.8 Å². The van der Waals surface area contributed by atoms with E-state index in [9.17, 15) is 4.79 Å². The van der Waals surface area contributed by atoms with E-state index in [4.69, 9.17) is 4.42 Å². The molecule has 23 heavy (non-hydrogen) atoms. The number of oxazole rings is 1. The van der Waals surface area contributed by atoms with Crippen LogP contribution in [-0.2, 0) is 6.42 Å². The van der Waals surface area contributed by atoms with E-state index in [-0.39, 0.29) is 0 Å². The van der Waals surface area contributed by atoms with Crippen LogP contribution < -0.4 is 0 Å². The third-order valence-corrected chi connectivity index (χ3v) is 4.55. The van der Waals surface area contributed by atoms with Crippen LogP contribution in [-0.4, -0.2) is 17.0 Å². The van der Waals surface area contributed by atoms with Crippen LogP contribution in [0.25, 0.3) is 11.5 Å². The summed E-state index contributed by atoms with van der Waals surface area (Å²) in [7, 11) is 0. The molecule has 3 rings (SSSR count). The number of aldehydes is 1. The SMILES string of the molecule is Cc1oc(-c2ccccc2)nc1CCSc1ccc(C=O)cc1. The van der Waals surface area contributed by atoms with E-state index in [0.29, 0.717) is 11.5 Å². The fourth-order valence-corrected chi connectivity index (χ4v) is 3.13. The van der Waals surface area contributed by atoms with Crippen molar-refractivity contribution in [2.45, 2.75) is 18.2 Å². The number of hydrogen-bond acceptors (Lipinski definition) is 4. The van der Waals surface area contributed by atoms with Gasteiger partial charge in [-0.2, -0.15) is 0 Å². The summed E-state index contributed by atoms with van der Waals surface area (Å²) in [5.41, 5.74) is 2.70. The second kappa shape index (κ2) is 7.29. The lowest BCUT2D eigenvalue weighted by Crippen LogP contribution is -1.91. The first-order valence-corrected chi connectivity index (χ1v) is 8.44. The molecule has 0 bridgehead atoms. The molecular weight excluding hydrogens is 306 g/mol. The molecular formula is C19H17NO2S. The van der Waals surface area contributed by atoms with Crippen LogP contribution in [0, 0.1) is 6.92 Å². The number of aryl methyl sites for hydroxylation is 2. The smallest absolute Gasteiger partial charge is 0.226 e. The molecule has 1 heterocycles. The topological polar surface area (TPSA) is 43.1 Å². The van der Waals surface area contributed by atoms with E-state index in [1.165, 1.54) is 0 Å². The zero-order valence-electron chi connectivity index (χ0n) is 12.9. The van der Waals surface area contributed by atoms with Crippen molar-refractivity contribution in [3.8, 4) is 11.5 Å². The summed E-state index contributed by atoms with van der Waals surface area (Å²) in [4.78, 5) is 16.4. The molecule has 0 atom stereocenters. The number of benzene rings is 2. The Labute approximate surface area is 139 Å². The summed E-state index contributed by atoms with van der Waals surface area (Å²) in [6.07, 6.45) is 1.71. The maximum atomic E-state index is 10.6. The maximum absolute atomic E-state index is 10.6. The van der Waals surface area contributed by atoms with E-state index in [1.807, 2.05) is 61.5 Å². The van der Waals surface area contributed by atoms with Crippen LogP contribution >= 0.6 is 11.8 Å². The average molecular weight is 323 g/mol. The van der Waals surface area contributed by atoms with Gasteiger partial charge in [0.25, 0.3) is 0 Å². The average Bonchev–Trinajstić information content (AvgIpc) is 2.97. The Morgan fingerprint density at radius 3 is 2.52 bits per heavy atom. The van der Waals surface area contributed by atoms with Crippen molar-refractivity contribution in [3.63, 3.8) is 0 Å². The van der Waals surface area contributed by atoms with E-state index in [2.05, 4.69) is 4.98 Å². The van der Waals surface area contributed by atoms with Gasteiger partial charge in [0.15, 0.2) is 0 Å². The first kappa shape index (κ1) is 15.6. The summed E-state index contributed by atoms with van der Waals surface area (Å²) in [5, 5.41) is 0. The Morgan fingerprint density at radius 1 is 1.09 bits per heavy atom. The van der Waals surface area contributed by atoms with Crippen molar-refractivity contribution in [1.82, 2.24) is 4.98 Å². The molecule has 0 saturated carbocycles. The van der Waals surface area contributed by atoms with Gasteiger partial charge < -0.3 is 4.42 Å². The van der Waals surface area contributed by atoms with E-state index in [1.54, 1.807) is 11.8 Å². The van der Waals surface area contributed by atoms with Crippen molar-refractivity contribution in [1.29, 1.82) is 0 Å².